The van der Waals surface area contributed by atoms with E-state index in [1.165, 1.54) is 43.2 Å². The maximum Gasteiger partial charge on any atom is 0.119 e. The van der Waals surface area contributed by atoms with Crippen LogP contribution < -0.4 is 10.1 Å². The van der Waals surface area contributed by atoms with Crippen LogP contribution >= 0.6 is 0 Å². The summed E-state index contributed by atoms with van der Waals surface area (Å²) in [5.74, 6) is 1.75. The van der Waals surface area contributed by atoms with Crippen molar-refractivity contribution in [2.45, 2.75) is 71.4 Å². The number of aliphatic hydroxyl groups is 2. The van der Waals surface area contributed by atoms with Gasteiger partial charge in [-0.05, 0) is 31.0 Å². The first kappa shape index (κ1) is 27.5. The minimum absolute atomic E-state index is 0. The van der Waals surface area contributed by atoms with Crippen LogP contribution in [0, 0.1) is 5.92 Å². The first-order chi connectivity index (χ1) is 13.2. The zero-order chi connectivity index (χ0) is 20.1. The fourth-order valence-corrected chi connectivity index (χ4v) is 3.75. The van der Waals surface area contributed by atoms with Crippen molar-refractivity contribution in [1.82, 2.24) is 5.32 Å². The first-order valence-corrected chi connectivity index (χ1v) is 10.5. The fourth-order valence-electron chi connectivity index (χ4n) is 3.75. The third kappa shape index (κ3) is 9.36. The Labute approximate surface area is 185 Å². The van der Waals surface area contributed by atoms with E-state index < -0.39 is 0 Å². The molecule has 6 heteroatoms. The summed E-state index contributed by atoms with van der Waals surface area (Å²) in [6.45, 7) is 7.05. The van der Waals surface area contributed by atoms with E-state index >= 15 is 0 Å². The summed E-state index contributed by atoms with van der Waals surface area (Å²) < 4.78 is 5.37. The molecular formula is C22H39N2O3W-. The Balaban J connectivity index is 0.000000628. The van der Waals surface area contributed by atoms with Gasteiger partial charge in [-0.2, -0.15) is 0 Å². The minimum atomic E-state index is -0.368. The van der Waals surface area contributed by atoms with Gasteiger partial charge < -0.3 is 20.3 Å². The van der Waals surface area contributed by atoms with Gasteiger partial charge in [0.2, 0.25) is 0 Å². The third-order valence-corrected chi connectivity index (χ3v) is 5.03. The molecule has 3 N–H and O–H groups in total. The van der Waals surface area contributed by atoms with Crippen LogP contribution in [0.25, 0.3) is 5.32 Å². The van der Waals surface area contributed by atoms with Crippen LogP contribution in [0.2, 0.25) is 0 Å². The Morgan fingerprint density at radius 3 is 2.43 bits per heavy atom. The molecule has 1 fully saturated rings. The van der Waals surface area contributed by atoms with Gasteiger partial charge in [0.15, 0.2) is 0 Å². The second-order valence-corrected chi connectivity index (χ2v) is 7.03. The molecular weight excluding hydrogens is 524 g/mol. The van der Waals surface area contributed by atoms with Gasteiger partial charge in [-0.15, -0.1) is 12.6 Å². The predicted octanol–water partition coefficient (Wildman–Crippen LogP) is 4.18. The smallest absolute Gasteiger partial charge is 0.119 e. The van der Waals surface area contributed by atoms with Crippen LogP contribution in [0.15, 0.2) is 18.2 Å². The van der Waals surface area contributed by atoms with Crippen molar-refractivity contribution in [3.63, 3.8) is 0 Å². The molecule has 2 atom stereocenters. The van der Waals surface area contributed by atoms with Gasteiger partial charge in [-0.1, -0.05) is 63.5 Å². The van der Waals surface area contributed by atoms with Gasteiger partial charge in [0.05, 0.1) is 19.9 Å². The fraction of sp³-hybridized carbons (Fsp3) is 0.727. The molecule has 0 radical (unpaired) electrons. The predicted molar refractivity (Wildman–Crippen MR) is 112 cm³/mol. The molecule has 0 amide bonds. The van der Waals surface area contributed by atoms with Crippen molar-refractivity contribution in [2.24, 2.45) is 5.92 Å². The summed E-state index contributed by atoms with van der Waals surface area (Å²) in [7, 11) is 1.75. The van der Waals surface area contributed by atoms with Crippen LogP contribution in [0.1, 0.15) is 70.0 Å². The van der Waals surface area contributed by atoms with Crippen molar-refractivity contribution in [1.29, 1.82) is 0 Å². The van der Waals surface area contributed by atoms with Crippen LogP contribution in [-0.4, -0.2) is 43.2 Å². The summed E-state index contributed by atoms with van der Waals surface area (Å²) in [6, 6.07) is 6.97. The number of hydrogen-bond donors (Lipinski definition) is 3. The summed E-state index contributed by atoms with van der Waals surface area (Å²) in [5, 5.41) is 24.1. The first-order valence-electron chi connectivity index (χ1n) is 10.5. The van der Waals surface area contributed by atoms with Crippen LogP contribution in [0.3, 0.4) is 0 Å². The number of methoxy groups -OCH3 is 1. The Morgan fingerprint density at radius 1 is 1.21 bits per heavy atom. The Morgan fingerprint density at radius 2 is 1.89 bits per heavy atom. The van der Waals surface area contributed by atoms with E-state index in [2.05, 4.69) is 23.5 Å². The second kappa shape index (κ2) is 16.4. The topological polar surface area (TPSA) is 75.8 Å². The van der Waals surface area contributed by atoms with Crippen LogP contribution in [-0.2, 0) is 27.5 Å². The number of benzene rings is 1. The number of aliphatic hydroxyl groups excluding tert-OH is 2. The SMILES string of the molecule is CC.CC(O)CNCO.COc1ccc2c(c1)C(C1CCCCC1)[N-]CC2.[W]. The average Bonchev–Trinajstić information content (AvgIpc) is 2.74. The van der Waals surface area contributed by atoms with Gasteiger partial charge in [0.1, 0.15) is 5.75 Å². The molecule has 1 aliphatic heterocycles. The molecule has 1 heterocycles. The summed E-state index contributed by atoms with van der Waals surface area (Å²) in [6.07, 6.45) is 7.62. The van der Waals surface area contributed by atoms with Gasteiger partial charge in [-0.25, -0.2) is 0 Å². The zero-order valence-electron chi connectivity index (χ0n) is 18.0. The number of nitrogens with zero attached hydrogens (tertiary/aromatic N) is 1. The third-order valence-electron chi connectivity index (χ3n) is 5.03. The molecule has 0 spiro atoms. The van der Waals surface area contributed by atoms with E-state index in [1.807, 2.05) is 13.8 Å². The molecule has 1 saturated carbocycles. The van der Waals surface area contributed by atoms with E-state index in [9.17, 15) is 0 Å². The molecule has 162 valence electrons. The normalized spacial score (nSPS) is 19.6. The van der Waals surface area contributed by atoms with Crippen molar-refractivity contribution in [3.8, 4) is 5.75 Å². The van der Waals surface area contributed by atoms with E-state index in [1.54, 1.807) is 14.0 Å². The van der Waals surface area contributed by atoms with E-state index in [-0.39, 0.29) is 33.9 Å². The molecule has 1 aliphatic carbocycles. The molecule has 3 rings (SSSR count). The number of fused-ring (bicyclic) bond motifs is 1. The molecule has 2 aliphatic rings. The van der Waals surface area contributed by atoms with Crippen LogP contribution in [0.4, 0.5) is 0 Å². The molecule has 28 heavy (non-hydrogen) atoms. The van der Waals surface area contributed by atoms with Gasteiger partial charge in [0.25, 0.3) is 0 Å². The van der Waals surface area contributed by atoms with E-state index in [0.29, 0.717) is 12.6 Å². The number of rotatable bonds is 5. The number of hydrogen-bond acceptors (Lipinski definition) is 4. The Bertz CT molecular complexity index is 509. The van der Waals surface area contributed by atoms with E-state index in [0.717, 1.165) is 24.6 Å². The van der Waals surface area contributed by atoms with Crippen LogP contribution in [0.5, 0.6) is 5.75 Å². The summed E-state index contributed by atoms with van der Waals surface area (Å²) in [4.78, 5) is 0. The molecule has 0 saturated heterocycles. The Kier molecular flexibility index (Phi) is 16.1. The maximum atomic E-state index is 8.51. The van der Waals surface area contributed by atoms with Crippen molar-refractivity contribution in [2.75, 3.05) is 26.9 Å². The van der Waals surface area contributed by atoms with Crippen molar-refractivity contribution in [3.05, 3.63) is 34.6 Å². The number of ether oxygens (including phenoxy) is 1. The monoisotopic (exact) mass is 563 g/mol. The Hall–Kier alpha value is -0.452. The molecule has 1 aromatic rings. The van der Waals surface area contributed by atoms with Gasteiger partial charge in [-0.3, -0.25) is 5.32 Å². The van der Waals surface area contributed by atoms with Gasteiger partial charge >= 0.3 is 0 Å². The minimum Gasteiger partial charge on any atom is -0.655 e. The molecule has 2 unspecified atom stereocenters. The van der Waals surface area contributed by atoms with Crippen molar-refractivity contribution >= 4 is 0 Å². The molecule has 0 aromatic heterocycles. The second-order valence-electron chi connectivity index (χ2n) is 7.03. The largest absolute Gasteiger partial charge is 0.655 e. The van der Waals surface area contributed by atoms with Gasteiger partial charge in [0, 0.05) is 27.6 Å². The molecule has 0 bridgehead atoms. The number of nitrogens with one attached hydrogen (secondary N) is 1. The quantitative estimate of drug-likeness (QED) is 0.471. The molecule has 5 nitrogen and oxygen atoms in total. The molecule has 1 aromatic carbocycles. The van der Waals surface area contributed by atoms with E-state index in [4.69, 9.17) is 20.3 Å². The maximum absolute atomic E-state index is 8.51. The average molecular weight is 563 g/mol. The summed E-state index contributed by atoms with van der Waals surface area (Å²) in [5.41, 5.74) is 2.92. The summed E-state index contributed by atoms with van der Waals surface area (Å²) >= 11 is 0. The standard InChI is InChI=1S/C16H22NO.C4H11NO2.C2H6.W/c1-18-14-8-7-12-9-10-17-16(15(12)11-14)13-5-3-2-4-6-13;1-4(7)2-5-3-6;1-2;/h7-8,11,13,16H,2-6,9-10H2,1H3;4-7H,2-3H2,1H3;1-2H3;/q-1;;;. The zero-order valence-corrected chi connectivity index (χ0v) is 20.9. The van der Waals surface area contributed by atoms with Crippen molar-refractivity contribution < 1.29 is 36.0 Å².